The van der Waals surface area contributed by atoms with E-state index in [0.29, 0.717) is 6.54 Å². The molecule has 140 valence electrons. The number of ether oxygens (including phenoxy) is 2. The Morgan fingerprint density at radius 2 is 2.22 bits per heavy atom. The molecule has 1 aliphatic heterocycles. The topological polar surface area (TPSA) is 43.4 Å². The summed E-state index contributed by atoms with van der Waals surface area (Å²) in [5.74, 6) is 1.61. The average Bonchev–Trinajstić information content (AvgIpc) is 3.28. The Morgan fingerprint density at radius 3 is 3.07 bits per heavy atom. The van der Waals surface area contributed by atoms with Crippen LogP contribution in [0.25, 0.3) is 5.57 Å². The Kier molecular flexibility index (Phi) is 4.88. The predicted molar refractivity (Wildman–Crippen MR) is 108 cm³/mol. The van der Waals surface area contributed by atoms with Crippen LogP contribution in [0.2, 0.25) is 0 Å². The summed E-state index contributed by atoms with van der Waals surface area (Å²) in [7, 11) is 0. The van der Waals surface area contributed by atoms with E-state index in [4.69, 9.17) is 9.47 Å². The molecule has 0 spiro atoms. The molecule has 2 heterocycles. The fourth-order valence-corrected chi connectivity index (χ4v) is 3.71. The van der Waals surface area contributed by atoms with E-state index < -0.39 is 0 Å². The summed E-state index contributed by atoms with van der Waals surface area (Å²) < 4.78 is 11.8. The third-order valence-electron chi connectivity index (χ3n) is 4.95. The van der Waals surface area contributed by atoms with E-state index in [9.17, 15) is 0 Å². The number of fused-ring (bicyclic) bond motifs is 1. The van der Waals surface area contributed by atoms with Gasteiger partial charge in [-0.1, -0.05) is 18.2 Å². The van der Waals surface area contributed by atoms with Crippen LogP contribution in [0.1, 0.15) is 49.8 Å². The maximum Gasteiger partial charge on any atom is 0.168 e. The first-order valence-electron chi connectivity index (χ1n) is 9.60. The molecule has 0 bridgehead atoms. The molecule has 0 unspecified atom stereocenters. The zero-order valence-corrected chi connectivity index (χ0v) is 16.0. The molecule has 0 saturated heterocycles. The number of para-hydroxylation sites is 1. The van der Waals surface area contributed by atoms with Gasteiger partial charge in [-0.2, -0.15) is 0 Å². The number of rotatable bonds is 6. The number of benzene rings is 1. The van der Waals surface area contributed by atoms with Gasteiger partial charge in [0.25, 0.3) is 0 Å². The molecule has 4 heteroatoms. The molecule has 0 atom stereocenters. The molecular weight excluding hydrogens is 336 g/mol. The van der Waals surface area contributed by atoms with Crippen molar-refractivity contribution in [3.8, 4) is 11.5 Å². The molecular formula is C23H26N2O2. The van der Waals surface area contributed by atoms with Crippen LogP contribution >= 0.6 is 0 Å². The highest BCUT2D eigenvalue weighted by molar-refractivity contribution is 5.66. The highest BCUT2D eigenvalue weighted by Crippen LogP contribution is 2.41. The minimum absolute atomic E-state index is 0.170. The van der Waals surface area contributed by atoms with Crippen LogP contribution in [-0.4, -0.2) is 10.6 Å². The van der Waals surface area contributed by atoms with E-state index in [-0.39, 0.29) is 5.60 Å². The number of hydrogen-bond acceptors (Lipinski definition) is 4. The number of pyridine rings is 1. The Labute approximate surface area is 160 Å². The minimum atomic E-state index is -0.170. The van der Waals surface area contributed by atoms with Crippen molar-refractivity contribution in [2.75, 3.05) is 0 Å². The van der Waals surface area contributed by atoms with Crippen molar-refractivity contribution >= 4 is 5.57 Å². The SMILES string of the molecule is CC1(C)Cc2cccc(O/C=C/NCc3cncc(C4=CCCC4)c3)c2O1. The smallest absolute Gasteiger partial charge is 0.168 e. The Balaban J connectivity index is 1.33. The van der Waals surface area contributed by atoms with E-state index in [0.717, 1.165) is 29.9 Å². The summed E-state index contributed by atoms with van der Waals surface area (Å²) in [5, 5.41) is 3.27. The van der Waals surface area contributed by atoms with Gasteiger partial charge in [0.05, 0.1) is 0 Å². The highest BCUT2D eigenvalue weighted by Gasteiger charge is 2.32. The molecule has 4 rings (SSSR count). The average molecular weight is 362 g/mol. The number of nitrogens with zero attached hydrogens (tertiary/aromatic N) is 1. The second-order valence-electron chi connectivity index (χ2n) is 7.79. The second-order valence-corrected chi connectivity index (χ2v) is 7.79. The predicted octanol–water partition coefficient (Wildman–Crippen LogP) is 5.00. The van der Waals surface area contributed by atoms with E-state index in [1.165, 1.54) is 29.5 Å². The van der Waals surface area contributed by atoms with Gasteiger partial charge in [-0.25, -0.2) is 0 Å². The van der Waals surface area contributed by atoms with Gasteiger partial charge >= 0.3 is 0 Å². The third kappa shape index (κ3) is 4.16. The molecule has 1 aromatic carbocycles. The Hall–Kier alpha value is -2.75. The molecule has 2 aromatic rings. The Bertz CT molecular complexity index is 884. The second kappa shape index (κ2) is 7.47. The van der Waals surface area contributed by atoms with Gasteiger partial charge in [0.1, 0.15) is 11.9 Å². The fraction of sp³-hybridized carbons (Fsp3) is 0.348. The van der Waals surface area contributed by atoms with Gasteiger partial charge in [-0.3, -0.25) is 4.98 Å². The van der Waals surface area contributed by atoms with Crippen LogP contribution in [0.4, 0.5) is 0 Å². The van der Waals surface area contributed by atoms with Gasteiger partial charge < -0.3 is 14.8 Å². The van der Waals surface area contributed by atoms with Gasteiger partial charge in [0.2, 0.25) is 0 Å². The molecule has 4 nitrogen and oxygen atoms in total. The van der Waals surface area contributed by atoms with Crippen molar-refractivity contribution in [1.82, 2.24) is 10.3 Å². The molecule has 0 amide bonds. The lowest BCUT2D eigenvalue weighted by Gasteiger charge is -2.17. The van der Waals surface area contributed by atoms with Crippen LogP contribution in [0.5, 0.6) is 11.5 Å². The van der Waals surface area contributed by atoms with Crippen LogP contribution in [0.15, 0.2) is 55.2 Å². The largest absolute Gasteiger partial charge is 0.483 e. The lowest BCUT2D eigenvalue weighted by atomic mass is 10.0. The van der Waals surface area contributed by atoms with Crippen LogP contribution in [0.3, 0.4) is 0 Å². The van der Waals surface area contributed by atoms with Crippen molar-refractivity contribution < 1.29 is 9.47 Å². The lowest BCUT2D eigenvalue weighted by Crippen LogP contribution is -2.24. The summed E-state index contributed by atoms with van der Waals surface area (Å²) in [6.07, 6.45) is 14.2. The first-order valence-corrected chi connectivity index (χ1v) is 9.60. The number of allylic oxidation sites excluding steroid dienone is 2. The lowest BCUT2D eigenvalue weighted by molar-refractivity contribution is 0.135. The molecule has 1 aromatic heterocycles. The first-order chi connectivity index (χ1) is 13.1. The number of hydrogen-bond donors (Lipinski definition) is 1. The van der Waals surface area contributed by atoms with Crippen LogP contribution in [0, 0.1) is 0 Å². The maximum atomic E-state index is 6.02. The first kappa shape index (κ1) is 17.7. The monoisotopic (exact) mass is 362 g/mol. The van der Waals surface area contributed by atoms with Crippen molar-refractivity contribution in [1.29, 1.82) is 0 Å². The van der Waals surface area contributed by atoms with Crippen molar-refractivity contribution in [2.24, 2.45) is 0 Å². The van der Waals surface area contributed by atoms with Crippen LogP contribution < -0.4 is 14.8 Å². The Morgan fingerprint density at radius 1 is 1.30 bits per heavy atom. The standard InChI is InChI=1S/C23H26N2O2/c1-23(2)13-19-8-5-9-21(22(19)27-23)26-11-10-24-14-17-12-20(16-25-15-17)18-6-3-4-7-18/h5-6,8-12,15-16,24H,3-4,7,13-14H2,1-2H3/b11-10+. The van der Waals surface area contributed by atoms with E-state index in [1.807, 2.05) is 30.7 Å². The highest BCUT2D eigenvalue weighted by atomic mass is 16.5. The zero-order valence-electron chi connectivity index (χ0n) is 16.0. The van der Waals surface area contributed by atoms with Gasteiger partial charge in [0.15, 0.2) is 11.5 Å². The molecule has 27 heavy (non-hydrogen) atoms. The minimum Gasteiger partial charge on any atom is -0.483 e. The van der Waals surface area contributed by atoms with Crippen molar-refractivity contribution in [2.45, 2.75) is 51.7 Å². The summed E-state index contributed by atoms with van der Waals surface area (Å²) in [5.41, 5.74) is 4.85. The molecule has 1 aliphatic carbocycles. The van der Waals surface area contributed by atoms with Crippen LogP contribution in [-0.2, 0) is 13.0 Å². The van der Waals surface area contributed by atoms with Crippen molar-refractivity contribution in [3.05, 3.63) is 71.9 Å². The van der Waals surface area contributed by atoms with Crippen molar-refractivity contribution in [3.63, 3.8) is 0 Å². The quantitative estimate of drug-likeness (QED) is 0.734. The molecule has 2 aliphatic rings. The molecule has 0 saturated carbocycles. The van der Waals surface area contributed by atoms with Gasteiger partial charge in [-0.05, 0) is 61.9 Å². The summed E-state index contributed by atoms with van der Waals surface area (Å²) in [6.45, 7) is 4.90. The van der Waals surface area contributed by atoms with E-state index >= 15 is 0 Å². The normalized spacial score (nSPS) is 17.5. The number of aromatic nitrogens is 1. The summed E-state index contributed by atoms with van der Waals surface area (Å²) in [4.78, 5) is 4.38. The summed E-state index contributed by atoms with van der Waals surface area (Å²) >= 11 is 0. The third-order valence-corrected chi connectivity index (χ3v) is 4.95. The number of nitrogens with one attached hydrogen (secondary N) is 1. The fourth-order valence-electron chi connectivity index (χ4n) is 3.71. The molecule has 0 fully saturated rings. The van der Waals surface area contributed by atoms with E-state index in [1.54, 1.807) is 6.26 Å². The molecule has 0 radical (unpaired) electrons. The van der Waals surface area contributed by atoms with Gasteiger partial charge in [0, 0.05) is 37.1 Å². The van der Waals surface area contributed by atoms with E-state index in [2.05, 4.69) is 42.4 Å². The van der Waals surface area contributed by atoms with Gasteiger partial charge in [-0.15, -0.1) is 0 Å². The molecule has 1 N–H and O–H groups in total. The zero-order chi connectivity index (χ0) is 18.7. The summed E-state index contributed by atoms with van der Waals surface area (Å²) in [6, 6.07) is 8.26. The maximum absolute atomic E-state index is 6.02.